The van der Waals surface area contributed by atoms with Crippen LogP contribution < -0.4 is 10.1 Å². The lowest BCUT2D eigenvalue weighted by molar-refractivity contribution is -0.123. The molecule has 0 bridgehead atoms. The van der Waals surface area contributed by atoms with Gasteiger partial charge in [-0.1, -0.05) is 0 Å². The van der Waals surface area contributed by atoms with Gasteiger partial charge in [0.1, 0.15) is 11.6 Å². The van der Waals surface area contributed by atoms with Crippen LogP contribution in [0.2, 0.25) is 0 Å². The second-order valence-corrected chi connectivity index (χ2v) is 4.97. The van der Waals surface area contributed by atoms with E-state index in [9.17, 15) is 9.18 Å². The molecule has 0 spiro atoms. The second kappa shape index (κ2) is 5.49. The van der Waals surface area contributed by atoms with Crippen molar-refractivity contribution in [3.8, 4) is 5.75 Å². The summed E-state index contributed by atoms with van der Waals surface area (Å²) in [6, 6.07) is 4.12. The van der Waals surface area contributed by atoms with Gasteiger partial charge in [0.15, 0.2) is 6.61 Å². The predicted octanol–water partition coefficient (Wildman–Crippen LogP) is 2.49. The van der Waals surface area contributed by atoms with Gasteiger partial charge >= 0.3 is 0 Å². The molecular formula is C12H13BrFNO2. The molecule has 3 nitrogen and oxygen atoms in total. The Bertz CT molecular complexity index is 421. The molecule has 0 saturated heterocycles. The number of hydrogen-bond acceptors (Lipinski definition) is 2. The van der Waals surface area contributed by atoms with Crippen molar-refractivity contribution >= 4 is 21.8 Å². The molecule has 1 fully saturated rings. The Morgan fingerprint density at radius 2 is 2.29 bits per heavy atom. The third-order valence-electron chi connectivity index (χ3n) is 2.54. The van der Waals surface area contributed by atoms with Gasteiger partial charge in [-0.3, -0.25) is 4.79 Å². The Labute approximate surface area is 107 Å². The molecule has 1 saturated carbocycles. The number of ether oxygens (including phenoxy) is 1. The van der Waals surface area contributed by atoms with Crippen LogP contribution in [-0.2, 0) is 4.79 Å². The number of nitrogens with one attached hydrogen (secondary N) is 1. The van der Waals surface area contributed by atoms with Crippen LogP contribution in [-0.4, -0.2) is 19.1 Å². The quantitative estimate of drug-likeness (QED) is 0.907. The lowest BCUT2D eigenvalue weighted by Crippen LogP contribution is -2.30. The molecule has 0 aromatic heterocycles. The first-order valence-electron chi connectivity index (χ1n) is 5.49. The van der Waals surface area contributed by atoms with Crippen molar-refractivity contribution in [2.45, 2.75) is 12.8 Å². The van der Waals surface area contributed by atoms with Crippen molar-refractivity contribution < 1.29 is 13.9 Å². The van der Waals surface area contributed by atoms with Gasteiger partial charge in [0.25, 0.3) is 5.91 Å². The highest BCUT2D eigenvalue weighted by atomic mass is 79.9. The fraction of sp³-hybridized carbons (Fsp3) is 0.417. The van der Waals surface area contributed by atoms with Gasteiger partial charge in [0.05, 0.1) is 4.47 Å². The molecule has 0 aliphatic heterocycles. The summed E-state index contributed by atoms with van der Waals surface area (Å²) in [4.78, 5) is 11.4. The molecule has 1 aliphatic carbocycles. The SMILES string of the molecule is O=C(COc1cc(F)ccc1Br)NCC1CC1. The first-order valence-corrected chi connectivity index (χ1v) is 6.29. The van der Waals surface area contributed by atoms with E-state index in [1.807, 2.05) is 0 Å². The number of carbonyl (C=O) groups is 1. The van der Waals surface area contributed by atoms with E-state index < -0.39 is 0 Å². The van der Waals surface area contributed by atoms with Crippen LogP contribution in [0.1, 0.15) is 12.8 Å². The highest BCUT2D eigenvalue weighted by molar-refractivity contribution is 9.10. The molecule has 1 aromatic carbocycles. The third-order valence-corrected chi connectivity index (χ3v) is 3.19. The van der Waals surface area contributed by atoms with Crippen LogP contribution in [0, 0.1) is 11.7 Å². The number of hydrogen-bond donors (Lipinski definition) is 1. The fourth-order valence-corrected chi connectivity index (χ4v) is 1.72. The summed E-state index contributed by atoms with van der Waals surface area (Å²) < 4.78 is 18.8. The van der Waals surface area contributed by atoms with Crippen molar-refractivity contribution in [2.75, 3.05) is 13.2 Å². The van der Waals surface area contributed by atoms with Crippen molar-refractivity contribution in [1.82, 2.24) is 5.32 Å². The Hall–Kier alpha value is -1.10. The Balaban J connectivity index is 1.79. The summed E-state index contributed by atoms with van der Waals surface area (Å²) in [6.45, 7) is 0.626. The van der Waals surface area contributed by atoms with Crippen molar-refractivity contribution in [3.05, 3.63) is 28.5 Å². The number of carbonyl (C=O) groups excluding carboxylic acids is 1. The van der Waals surface area contributed by atoms with Crippen LogP contribution in [0.3, 0.4) is 0 Å². The average molecular weight is 302 g/mol. The topological polar surface area (TPSA) is 38.3 Å². The number of rotatable bonds is 5. The molecule has 0 unspecified atom stereocenters. The molecule has 92 valence electrons. The molecule has 1 aliphatic rings. The summed E-state index contributed by atoms with van der Waals surface area (Å²) in [7, 11) is 0. The zero-order chi connectivity index (χ0) is 12.3. The Morgan fingerprint density at radius 1 is 1.53 bits per heavy atom. The summed E-state index contributed by atoms with van der Waals surface area (Å²) in [5.74, 6) is 0.418. The maximum absolute atomic E-state index is 12.9. The molecule has 2 rings (SSSR count). The van der Waals surface area contributed by atoms with Crippen LogP contribution in [0.15, 0.2) is 22.7 Å². The molecule has 1 N–H and O–H groups in total. The van der Waals surface area contributed by atoms with E-state index in [0.717, 1.165) is 0 Å². The first kappa shape index (κ1) is 12.4. The fourth-order valence-electron chi connectivity index (χ4n) is 1.36. The number of benzene rings is 1. The maximum Gasteiger partial charge on any atom is 0.257 e. The van der Waals surface area contributed by atoms with E-state index in [-0.39, 0.29) is 18.3 Å². The van der Waals surface area contributed by atoms with Gasteiger partial charge in [-0.2, -0.15) is 0 Å². The van der Waals surface area contributed by atoms with Crippen molar-refractivity contribution in [2.24, 2.45) is 5.92 Å². The predicted molar refractivity (Wildman–Crippen MR) is 65.3 cm³/mol. The minimum Gasteiger partial charge on any atom is -0.482 e. The van der Waals surface area contributed by atoms with Gasteiger partial charge in [-0.25, -0.2) is 4.39 Å². The number of amides is 1. The second-order valence-electron chi connectivity index (χ2n) is 4.11. The molecule has 5 heteroatoms. The minimum atomic E-state index is -0.387. The lowest BCUT2D eigenvalue weighted by Gasteiger charge is -2.08. The van der Waals surface area contributed by atoms with Crippen LogP contribution in [0.5, 0.6) is 5.75 Å². The van der Waals surface area contributed by atoms with Crippen LogP contribution in [0.25, 0.3) is 0 Å². The van der Waals surface area contributed by atoms with Crippen LogP contribution in [0.4, 0.5) is 4.39 Å². The standard InChI is InChI=1S/C12H13BrFNO2/c13-10-4-3-9(14)5-11(10)17-7-12(16)15-6-8-1-2-8/h3-5,8H,1-2,6-7H2,(H,15,16). The largest absolute Gasteiger partial charge is 0.482 e. The molecule has 0 radical (unpaired) electrons. The van der Waals surface area contributed by atoms with E-state index in [2.05, 4.69) is 21.2 Å². The van der Waals surface area contributed by atoms with Crippen molar-refractivity contribution in [1.29, 1.82) is 0 Å². The normalized spacial score (nSPS) is 14.5. The van der Waals surface area contributed by atoms with Gasteiger partial charge in [-0.15, -0.1) is 0 Å². The summed E-state index contributed by atoms with van der Waals surface area (Å²) in [5.41, 5.74) is 0. The molecule has 0 heterocycles. The average Bonchev–Trinajstić information content (AvgIpc) is 3.11. The van der Waals surface area contributed by atoms with E-state index in [1.54, 1.807) is 6.07 Å². The smallest absolute Gasteiger partial charge is 0.257 e. The van der Waals surface area contributed by atoms with E-state index in [1.165, 1.54) is 25.0 Å². The Kier molecular flexibility index (Phi) is 3.99. The monoisotopic (exact) mass is 301 g/mol. The highest BCUT2D eigenvalue weighted by Crippen LogP contribution is 2.27. The highest BCUT2D eigenvalue weighted by Gasteiger charge is 2.21. The molecule has 17 heavy (non-hydrogen) atoms. The zero-order valence-electron chi connectivity index (χ0n) is 9.21. The van der Waals surface area contributed by atoms with Crippen LogP contribution >= 0.6 is 15.9 Å². The maximum atomic E-state index is 12.9. The molecule has 1 aromatic rings. The lowest BCUT2D eigenvalue weighted by atomic mass is 10.3. The first-order chi connectivity index (χ1) is 8.15. The van der Waals surface area contributed by atoms with E-state index in [4.69, 9.17) is 4.74 Å². The summed E-state index contributed by atoms with van der Waals surface area (Å²) >= 11 is 3.23. The minimum absolute atomic E-state index is 0.0885. The number of halogens is 2. The summed E-state index contributed by atoms with van der Waals surface area (Å²) in [5, 5.41) is 2.78. The summed E-state index contributed by atoms with van der Waals surface area (Å²) in [6.07, 6.45) is 2.38. The molecule has 1 amide bonds. The van der Waals surface area contributed by atoms with E-state index in [0.29, 0.717) is 22.7 Å². The molecular weight excluding hydrogens is 289 g/mol. The Morgan fingerprint density at radius 3 is 3.00 bits per heavy atom. The van der Waals surface area contributed by atoms with Gasteiger partial charge in [-0.05, 0) is 46.8 Å². The zero-order valence-corrected chi connectivity index (χ0v) is 10.8. The van der Waals surface area contributed by atoms with Crippen molar-refractivity contribution in [3.63, 3.8) is 0 Å². The van der Waals surface area contributed by atoms with Gasteiger partial charge in [0, 0.05) is 12.6 Å². The van der Waals surface area contributed by atoms with Gasteiger partial charge in [0.2, 0.25) is 0 Å². The third kappa shape index (κ3) is 4.00. The molecule has 0 atom stereocenters. The van der Waals surface area contributed by atoms with E-state index >= 15 is 0 Å². The van der Waals surface area contributed by atoms with Gasteiger partial charge < -0.3 is 10.1 Å².